The van der Waals surface area contributed by atoms with Gasteiger partial charge in [0.25, 0.3) is 5.91 Å². The molecule has 1 aromatic carbocycles. The lowest BCUT2D eigenvalue weighted by atomic mass is 10.2. The third-order valence-electron chi connectivity index (χ3n) is 3.29. The summed E-state index contributed by atoms with van der Waals surface area (Å²) < 4.78 is 4.89. The molecule has 6 heteroatoms. The number of imide groups is 1. The van der Waals surface area contributed by atoms with Crippen LogP contribution in [0.5, 0.6) is 0 Å². The summed E-state index contributed by atoms with van der Waals surface area (Å²) in [6, 6.07) is 5.68. The highest BCUT2D eigenvalue weighted by molar-refractivity contribution is 6.22. The summed E-state index contributed by atoms with van der Waals surface area (Å²) >= 11 is 0. The number of hydrogen-bond acceptors (Lipinski definition) is 5. The Labute approximate surface area is 128 Å². The first-order valence-corrected chi connectivity index (χ1v) is 7.06. The summed E-state index contributed by atoms with van der Waals surface area (Å²) in [5.74, 6) is -0.996. The fraction of sp³-hybridized carbons (Fsp3) is 0.312. The molecular weight excluding hydrogens is 284 g/mol. The van der Waals surface area contributed by atoms with Crippen LogP contribution >= 0.6 is 0 Å². The van der Waals surface area contributed by atoms with E-state index in [-0.39, 0.29) is 18.2 Å². The van der Waals surface area contributed by atoms with Crippen LogP contribution in [0.4, 0.5) is 5.69 Å². The molecular formula is C16H18N2O4. The van der Waals surface area contributed by atoms with Crippen LogP contribution in [0.3, 0.4) is 0 Å². The van der Waals surface area contributed by atoms with Crippen molar-refractivity contribution in [3.63, 3.8) is 0 Å². The normalized spacial score (nSPS) is 17.7. The highest BCUT2D eigenvalue weighted by Gasteiger charge is 2.38. The molecule has 0 aromatic heterocycles. The molecule has 1 aliphatic rings. The maximum atomic E-state index is 12.3. The number of hydrogen-bond donors (Lipinski definition) is 1. The zero-order chi connectivity index (χ0) is 16.1. The minimum absolute atomic E-state index is 0.117. The third kappa shape index (κ3) is 3.23. The Morgan fingerprint density at radius 3 is 2.68 bits per heavy atom. The molecule has 1 atom stereocenters. The molecule has 1 N–H and O–H groups in total. The van der Waals surface area contributed by atoms with Gasteiger partial charge in [-0.25, -0.2) is 9.69 Å². The molecule has 0 unspecified atom stereocenters. The highest BCUT2D eigenvalue weighted by atomic mass is 16.5. The Kier molecular flexibility index (Phi) is 5.06. The monoisotopic (exact) mass is 302 g/mol. The predicted molar refractivity (Wildman–Crippen MR) is 81.5 cm³/mol. The average Bonchev–Trinajstić information content (AvgIpc) is 2.80. The molecule has 1 fully saturated rings. The number of nitrogens with zero attached hydrogens (tertiary/aromatic N) is 1. The van der Waals surface area contributed by atoms with Crippen LogP contribution in [0, 0.1) is 0 Å². The number of ether oxygens (including phenoxy) is 1. The van der Waals surface area contributed by atoms with Gasteiger partial charge in [-0.05, 0) is 31.2 Å². The smallest absolute Gasteiger partial charge is 0.338 e. The van der Waals surface area contributed by atoms with Gasteiger partial charge >= 0.3 is 5.97 Å². The quantitative estimate of drug-likeness (QED) is 0.486. The molecule has 1 saturated heterocycles. The van der Waals surface area contributed by atoms with Crippen LogP contribution in [-0.4, -0.2) is 37.0 Å². The molecule has 0 spiro atoms. The number of benzene rings is 1. The van der Waals surface area contributed by atoms with Crippen LogP contribution in [0.2, 0.25) is 0 Å². The molecule has 2 amide bonds. The van der Waals surface area contributed by atoms with Gasteiger partial charge in [-0.15, -0.1) is 6.58 Å². The van der Waals surface area contributed by atoms with Crippen LogP contribution in [0.15, 0.2) is 36.9 Å². The Bertz CT molecular complexity index is 595. The fourth-order valence-electron chi connectivity index (χ4n) is 2.25. The number of carbonyl (C=O) groups is 3. The van der Waals surface area contributed by atoms with E-state index in [0.717, 1.165) is 4.90 Å². The van der Waals surface area contributed by atoms with Crippen molar-refractivity contribution in [2.24, 2.45) is 0 Å². The molecule has 1 heterocycles. The number of amides is 2. The summed E-state index contributed by atoms with van der Waals surface area (Å²) in [6.07, 6.45) is 1.75. The minimum atomic E-state index is -0.532. The lowest BCUT2D eigenvalue weighted by Gasteiger charge is -2.15. The molecule has 2 rings (SSSR count). The van der Waals surface area contributed by atoms with E-state index in [1.165, 1.54) is 0 Å². The molecule has 0 saturated carbocycles. The van der Waals surface area contributed by atoms with Crippen molar-refractivity contribution in [1.29, 1.82) is 0 Å². The summed E-state index contributed by atoms with van der Waals surface area (Å²) in [7, 11) is 0. The first kappa shape index (κ1) is 15.9. The zero-order valence-corrected chi connectivity index (χ0v) is 12.4. The molecule has 1 aliphatic heterocycles. The fourth-order valence-corrected chi connectivity index (χ4v) is 2.25. The number of esters is 1. The van der Waals surface area contributed by atoms with Gasteiger partial charge in [0.2, 0.25) is 5.91 Å². The van der Waals surface area contributed by atoms with Gasteiger partial charge in [-0.3, -0.25) is 9.59 Å². The van der Waals surface area contributed by atoms with E-state index in [0.29, 0.717) is 24.4 Å². The van der Waals surface area contributed by atoms with Gasteiger partial charge in [-0.1, -0.05) is 6.08 Å². The average molecular weight is 302 g/mol. The van der Waals surface area contributed by atoms with Crippen molar-refractivity contribution >= 4 is 23.5 Å². The van der Waals surface area contributed by atoms with Crippen LogP contribution in [-0.2, 0) is 14.3 Å². The lowest BCUT2D eigenvalue weighted by Crippen LogP contribution is -2.38. The van der Waals surface area contributed by atoms with Crippen LogP contribution in [0.25, 0.3) is 0 Å². The molecule has 0 bridgehead atoms. The van der Waals surface area contributed by atoms with Gasteiger partial charge in [0.1, 0.15) is 0 Å². The van der Waals surface area contributed by atoms with Crippen molar-refractivity contribution in [2.45, 2.75) is 19.4 Å². The number of nitrogens with one attached hydrogen (secondary N) is 1. The van der Waals surface area contributed by atoms with E-state index < -0.39 is 12.0 Å². The standard InChI is InChI=1S/C16H18N2O4/c1-3-9-17-13-10-14(19)18(15(13)20)12-7-5-11(6-8-12)16(21)22-4-2/h3,5-8,13,17H,1,4,9-10H2,2H3/t13-/m1/s1. The van der Waals surface area contributed by atoms with Gasteiger partial charge in [-0.2, -0.15) is 0 Å². The summed E-state index contributed by atoms with van der Waals surface area (Å²) in [6.45, 7) is 6.04. The van der Waals surface area contributed by atoms with E-state index in [2.05, 4.69) is 11.9 Å². The van der Waals surface area contributed by atoms with Crippen molar-refractivity contribution in [2.75, 3.05) is 18.1 Å². The van der Waals surface area contributed by atoms with E-state index in [4.69, 9.17) is 4.74 Å². The summed E-state index contributed by atoms with van der Waals surface area (Å²) in [4.78, 5) is 37.0. The van der Waals surface area contributed by atoms with Gasteiger partial charge < -0.3 is 10.1 Å². The van der Waals surface area contributed by atoms with Gasteiger partial charge in [0, 0.05) is 6.54 Å². The van der Waals surface area contributed by atoms with E-state index >= 15 is 0 Å². The molecule has 116 valence electrons. The second-order valence-corrected chi connectivity index (χ2v) is 4.79. The maximum Gasteiger partial charge on any atom is 0.338 e. The molecule has 22 heavy (non-hydrogen) atoms. The second kappa shape index (κ2) is 7.00. The maximum absolute atomic E-state index is 12.3. The van der Waals surface area contributed by atoms with Crippen molar-refractivity contribution in [1.82, 2.24) is 5.32 Å². The first-order chi connectivity index (χ1) is 10.6. The Hall–Kier alpha value is -2.47. The lowest BCUT2D eigenvalue weighted by molar-refractivity contribution is -0.121. The van der Waals surface area contributed by atoms with Crippen molar-refractivity contribution in [3.8, 4) is 0 Å². The minimum Gasteiger partial charge on any atom is -0.462 e. The summed E-state index contributed by atoms with van der Waals surface area (Å²) in [5.41, 5.74) is 0.831. The number of rotatable bonds is 6. The third-order valence-corrected chi connectivity index (χ3v) is 3.29. The van der Waals surface area contributed by atoms with Gasteiger partial charge in [0.15, 0.2) is 0 Å². The largest absolute Gasteiger partial charge is 0.462 e. The Morgan fingerprint density at radius 2 is 2.09 bits per heavy atom. The Balaban J connectivity index is 2.14. The summed E-state index contributed by atoms with van der Waals surface area (Å²) in [5, 5.41) is 2.95. The van der Waals surface area contributed by atoms with E-state index in [1.54, 1.807) is 37.3 Å². The molecule has 6 nitrogen and oxygen atoms in total. The van der Waals surface area contributed by atoms with Gasteiger partial charge in [0.05, 0.1) is 30.3 Å². The zero-order valence-electron chi connectivity index (χ0n) is 12.4. The van der Waals surface area contributed by atoms with Crippen LogP contribution < -0.4 is 10.2 Å². The van der Waals surface area contributed by atoms with E-state index in [9.17, 15) is 14.4 Å². The predicted octanol–water partition coefficient (Wildman–Crippen LogP) is 1.27. The van der Waals surface area contributed by atoms with Crippen molar-refractivity contribution in [3.05, 3.63) is 42.5 Å². The number of anilines is 1. The molecule has 1 aromatic rings. The van der Waals surface area contributed by atoms with Crippen molar-refractivity contribution < 1.29 is 19.1 Å². The highest BCUT2D eigenvalue weighted by Crippen LogP contribution is 2.23. The second-order valence-electron chi connectivity index (χ2n) is 4.79. The molecule has 0 aliphatic carbocycles. The van der Waals surface area contributed by atoms with Crippen LogP contribution in [0.1, 0.15) is 23.7 Å². The number of carbonyl (C=O) groups excluding carboxylic acids is 3. The first-order valence-electron chi connectivity index (χ1n) is 7.06. The SMILES string of the molecule is C=CCN[C@@H]1CC(=O)N(c2ccc(C(=O)OCC)cc2)C1=O. The Morgan fingerprint density at radius 1 is 1.41 bits per heavy atom. The van der Waals surface area contributed by atoms with E-state index in [1.807, 2.05) is 0 Å². The topological polar surface area (TPSA) is 75.7 Å². The molecule has 0 radical (unpaired) electrons.